The number of anilines is 1. The second-order valence-electron chi connectivity index (χ2n) is 5.15. The van der Waals surface area contributed by atoms with Gasteiger partial charge in [-0.1, -0.05) is 15.9 Å². The molecule has 1 aromatic carbocycles. The fraction of sp³-hybridized carbons (Fsp3) is 0.429. The molecule has 2 bridgehead atoms. The van der Waals surface area contributed by atoms with Crippen molar-refractivity contribution >= 4 is 33.4 Å². The number of fused-ring (bicyclic) bond motifs is 2. The summed E-state index contributed by atoms with van der Waals surface area (Å²) in [4.78, 5) is 26.0. The van der Waals surface area contributed by atoms with Crippen LogP contribution in [0.2, 0.25) is 0 Å². The number of halogens is 1. The first-order valence-electron chi connectivity index (χ1n) is 6.22. The highest BCUT2D eigenvalue weighted by molar-refractivity contribution is 9.10. The van der Waals surface area contributed by atoms with E-state index in [4.69, 9.17) is 0 Å². The van der Waals surface area contributed by atoms with E-state index in [9.17, 15) is 9.59 Å². The van der Waals surface area contributed by atoms with Crippen LogP contribution in [-0.4, -0.2) is 11.8 Å². The van der Waals surface area contributed by atoms with E-state index in [0.717, 1.165) is 29.3 Å². The zero-order valence-electron chi connectivity index (χ0n) is 10.1. The van der Waals surface area contributed by atoms with Crippen molar-refractivity contribution in [2.24, 2.45) is 11.8 Å². The van der Waals surface area contributed by atoms with Gasteiger partial charge in [0.1, 0.15) is 0 Å². The summed E-state index contributed by atoms with van der Waals surface area (Å²) in [5, 5.41) is 0. The molecule has 0 radical (unpaired) electrons. The van der Waals surface area contributed by atoms with Crippen molar-refractivity contribution < 1.29 is 9.59 Å². The van der Waals surface area contributed by atoms with Gasteiger partial charge in [0, 0.05) is 16.3 Å². The van der Waals surface area contributed by atoms with E-state index in [-0.39, 0.29) is 23.7 Å². The predicted octanol–water partition coefficient (Wildman–Crippen LogP) is 3.05. The third kappa shape index (κ3) is 1.70. The maximum absolute atomic E-state index is 12.3. The van der Waals surface area contributed by atoms with Crippen LogP contribution in [-0.2, 0) is 9.59 Å². The number of aryl methyl sites for hydroxylation is 1. The van der Waals surface area contributed by atoms with Gasteiger partial charge in [0.25, 0.3) is 0 Å². The van der Waals surface area contributed by atoms with Crippen LogP contribution in [0.15, 0.2) is 22.7 Å². The average Bonchev–Trinajstić information content (AvgIpc) is 2.78. The molecule has 1 aliphatic carbocycles. The Labute approximate surface area is 114 Å². The number of rotatable bonds is 1. The van der Waals surface area contributed by atoms with Gasteiger partial charge in [-0.25, -0.2) is 0 Å². The lowest BCUT2D eigenvalue weighted by Gasteiger charge is -2.29. The summed E-state index contributed by atoms with van der Waals surface area (Å²) >= 11 is 3.43. The summed E-state index contributed by atoms with van der Waals surface area (Å²) in [6, 6.07) is 5.62. The van der Waals surface area contributed by atoms with Crippen LogP contribution in [0.1, 0.15) is 24.8 Å². The molecule has 0 N–H and O–H groups in total. The minimum absolute atomic E-state index is 0.0181. The third-order valence-corrected chi connectivity index (χ3v) is 4.86. The average molecular weight is 308 g/mol. The molecule has 2 amide bonds. The molecular formula is C14H14BrNO2. The molecule has 1 saturated heterocycles. The lowest BCUT2D eigenvalue weighted by Crippen LogP contribution is -2.46. The molecule has 3 rings (SSSR count). The smallest absolute Gasteiger partial charge is 0.236 e. The van der Waals surface area contributed by atoms with Crippen molar-refractivity contribution in [3.8, 4) is 0 Å². The van der Waals surface area contributed by atoms with Gasteiger partial charge < -0.3 is 0 Å². The first kappa shape index (κ1) is 11.9. The second kappa shape index (κ2) is 4.19. The monoisotopic (exact) mass is 307 g/mol. The van der Waals surface area contributed by atoms with Crippen LogP contribution < -0.4 is 4.90 Å². The van der Waals surface area contributed by atoms with Gasteiger partial charge in [-0.05, 0) is 49.9 Å². The predicted molar refractivity (Wildman–Crippen MR) is 72.2 cm³/mol. The molecule has 2 aliphatic rings. The number of hydrogen-bond acceptors (Lipinski definition) is 2. The van der Waals surface area contributed by atoms with Crippen molar-refractivity contribution in [3.63, 3.8) is 0 Å². The Morgan fingerprint density at radius 2 is 1.78 bits per heavy atom. The van der Waals surface area contributed by atoms with E-state index < -0.39 is 0 Å². The number of amides is 2. The van der Waals surface area contributed by atoms with Gasteiger partial charge in [0.05, 0.1) is 5.69 Å². The van der Waals surface area contributed by atoms with Crippen molar-refractivity contribution in [2.75, 3.05) is 4.90 Å². The Morgan fingerprint density at radius 1 is 1.17 bits per heavy atom. The van der Waals surface area contributed by atoms with E-state index in [1.54, 1.807) is 0 Å². The van der Waals surface area contributed by atoms with E-state index in [1.807, 2.05) is 25.1 Å². The molecule has 2 atom stereocenters. The van der Waals surface area contributed by atoms with Crippen molar-refractivity contribution in [3.05, 3.63) is 28.2 Å². The molecule has 1 saturated carbocycles. The highest BCUT2D eigenvalue weighted by Gasteiger charge is 2.45. The van der Waals surface area contributed by atoms with Crippen LogP contribution in [0.25, 0.3) is 0 Å². The number of hydrogen-bond donors (Lipinski definition) is 0. The zero-order chi connectivity index (χ0) is 12.9. The Kier molecular flexibility index (Phi) is 2.77. The number of imide groups is 1. The van der Waals surface area contributed by atoms with E-state index in [2.05, 4.69) is 15.9 Å². The van der Waals surface area contributed by atoms with E-state index in [0.29, 0.717) is 5.69 Å². The minimum Gasteiger partial charge on any atom is -0.274 e. The molecule has 94 valence electrons. The number of benzene rings is 1. The molecule has 0 aromatic heterocycles. The fourth-order valence-electron chi connectivity index (χ4n) is 2.93. The largest absolute Gasteiger partial charge is 0.274 e. The molecule has 4 heteroatoms. The molecule has 2 unspecified atom stereocenters. The highest BCUT2D eigenvalue weighted by Crippen LogP contribution is 2.40. The summed E-state index contributed by atoms with van der Waals surface area (Å²) in [6.45, 7) is 1.96. The van der Waals surface area contributed by atoms with Crippen molar-refractivity contribution in [1.82, 2.24) is 0 Å². The van der Waals surface area contributed by atoms with Crippen LogP contribution in [0, 0.1) is 18.8 Å². The van der Waals surface area contributed by atoms with Gasteiger partial charge in [-0.2, -0.15) is 0 Å². The third-order valence-electron chi connectivity index (χ3n) is 3.97. The van der Waals surface area contributed by atoms with E-state index >= 15 is 0 Å². The van der Waals surface area contributed by atoms with Crippen LogP contribution in [0.5, 0.6) is 0 Å². The number of nitrogens with zero attached hydrogens (tertiary/aromatic N) is 1. The number of carbonyl (C=O) groups is 2. The molecular weight excluding hydrogens is 294 g/mol. The van der Waals surface area contributed by atoms with Crippen LogP contribution >= 0.6 is 15.9 Å². The van der Waals surface area contributed by atoms with Gasteiger partial charge in [-0.3, -0.25) is 14.5 Å². The maximum atomic E-state index is 12.3. The standard InChI is InChI=1S/C14H14BrNO2/c1-8-6-11(4-5-12(8)15)16-13(17)9-2-3-10(7-9)14(16)18/h4-6,9-10H,2-3,7H2,1H3. The number of piperidine rings is 1. The second-order valence-corrected chi connectivity index (χ2v) is 6.01. The summed E-state index contributed by atoms with van der Waals surface area (Å²) < 4.78 is 0.992. The maximum Gasteiger partial charge on any atom is 0.236 e. The summed E-state index contributed by atoms with van der Waals surface area (Å²) in [5.41, 5.74) is 1.74. The topological polar surface area (TPSA) is 37.4 Å². The first-order valence-corrected chi connectivity index (χ1v) is 7.01. The van der Waals surface area contributed by atoms with Gasteiger partial charge >= 0.3 is 0 Å². The molecule has 1 aromatic rings. The highest BCUT2D eigenvalue weighted by atomic mass is 79.9. The molecule has 0 spiro atoms. The quantitative estimate of drug-likeness (QED) is 0.748. The van der Waals surface area contributed by atoms with Crippen molar-refractivity contribution in [1.29, 1.82) is 0 Å². The Morgan fingerprint density at radius 3 is 2.33 bits per heavy atom. The molecule has 2 fully saturated rings. The Hall–Kier alpha value is -1.16. The van der Waals surface area contributed by atoms with Crippen molar-refractivity contribution in [2.45, 2.75) is 26.2 Å². The molecule has 3 nitrogen and oxygen atoms in total. The lowest BCUT2D eigenvalue weighted by atomic mass is 9.96. The zero-order valence-corrected chi connectivity index (χ0v) is 11.7. The van der Waals surface area contributed by atoms with Gasteiger partial charge in [0.15, 0.2) is 0 Å². The minimum atomic E-state index is -0.0181. The van der Waals surface area contributed by atoms with Crippen LogP contribution in [0.3, 0.4) is 0 Å². The molecule has 1 aliphatic heterocycles. The first-order chi connectivity index (χ1) is 8.58. The number of carbonyl (C=O) groups excluding carboxylic acids is 2. The summed E-state index contributed by atoms with van der Waals surface area (Å²) in [6.07, 6.45) is 2.48. The Bertz CT molecular complexity index is 519. The lowest BCUT2D eigenvalue weighted by molar-refractivity contribution is -0.132. The molecule has 1 heterocycles. The molecule has 18 heavy (non-hydrogen) atoms. The van der Waals surface area contributed by atoms with Gasteiger partial charge in [-0.15, -0.1) is 0 Å². The summed E-state index contributed by atoms with van der Waals surface area (Å²) in [5.74, 6) is 0.0688. The normalized spacial score (nSPS) is 26.9. The fourth-order valence-corrected chi connectivity index (χ4v) is 3.17. The Balaban J connectivity index is 2.02. The van der Waals surface area contributed by atoms with Crippen LogP contribution in [0.4, 0.5) is 5.69 Å². The van der Waals surface area contributed by atoms with Gasteiger partial charge in [0.2, 0.25) is 11.8 Å². The summed E-state index contributed by atoms with van der Waals surface area (Å²) in [7, 11) is 0. The van der Waals surface area contributed by atoms with E-state index in [1.165, 1.54) is 4.90 Å². The SMILES string of the molecule is Cc1cc(N2C(=O)C3CCC(C3)C2=O)ccc1Br.